The maximum absolute atomic E-state index is 15.5. The Hall–Kier alpha value is -4.72. The molecule has 6 unspecified atom stereocenters. The van der Waals surface area contributed by atoms with E-state index in [9.17, 15) is 9.90 Å². The SMILES string of the molecule is COC(=O)/C(C)=C\CC12OC(C)(C)C(C)C13Oc1c(CC=C(C)C)c4c(c(OCCNCCO)c1C1=C3C(C(C)C2=O)n2ncnc2N1)C=CC(C)(CCC=C(C)C)O4. The molecule has 1 aliphatic carbocycles. The number of hydrogen-bond donors (Lipinski definition) is 3. The Balaban J connectivity index is 1.57. The monoisotopic (exact) mass is 811 g/mol. The van der Waals surface area contributed by atoms with Gasteiger partial charge in [0.15, 0.2) is 17.0 Å². The van der Waals surface area contributed by atoms with Crippen molar-refractivity contribution in [1.82, 2.24) is 20.1 Å². The third-order valence-corrected chi connectivity index (χ3v) is 12.9. The third kappa shape index (κ3) is 6.82. The highest BCUT2D eigenvalue weighted by Gasteiger charge is 2.79. The van der Waals surface area contributed by atoms with E-state index in [-0.39, 0.29) is 25.4 Å². The van der Waals surface area contributed by atoms with Gasteiger partial charge in [0.25, 0.3) is 0 Å². The lowest BCUT2D eigenvalue weighted by Gasteiger charge is -2.57. The standard InChI is InChI=1S/C46H61N5O8/c1-26(2)13-12-18-44(10)19-17-32-37(57-44)31(15-14-27(3)4)39-33(38(32)56-24-22-47-21-23-52)35-34-36(51-42(50-35)48-25-49-51)29(6)40(53)45(20-16-28(5)41(54)55-11)46(34,58-39)30(7)43(8,9)59-45/h13-14,16-17,19,25,29-30,36,47,52H,12,15,18,20-24H2,1-11H3,(H,48,49,50)/b28-16-. The first-order chi connectivity index (χ1) is 28.0. The van der Waals surface area contributed by atoms with Gasteiger partial charge in [-0.2, -0.15) is 10.1 Å². The number of Topliss-reactive ketones (excluding diaryl/α,β-unsaturated/α-hetero) is 1. The van der Waals surface area contributed by atoms with Gasteiger partial charge >= 0.3 is 5.97 Å². The summed E-state index contributed by atoms with van der Waals surface area (Å²) in [4.78, 5) is 33.0. The number of aliphatic hydroxyl groups excluding tert-OH is 1. The molecule has 318 valence electrons. The van der Waals surface area contributed by atoms with Crippen LogP contribution in [-0.2, 0) is 25.5 Å². The number of anilines is 1. The molecule has 0 radical (unpaired) electrons. The normalized spacial score (nSPS) is 28.2. The van der Waals surface area contributed by atoms with Gasteiger partial charge < -0.3 is 39.4 Å². The number of hydrogen-bond acceptors (Lipinski definition) is 12. The van der Waals surface area contributed by atoms with Crippen molar-refractivity contribution in [2.24, 2.45) is 11.8 Å². The van der Waals surface area contributed by atoms with E-state index in [4.69, 9.17) is 23.7 Å². The zero-order valence-electron chi connectivity index (χ0n) is 36.5. The van der Waals surface area contributed by atoms with Gasteiger partial charge in [0.2, 0.25) is 5.95 Å². The van der Waals surface area contributed by atoms with Gasteiger partial charge in [-0.15, -0.1) is 0 Å². The lowest BCUT2D eigenvalue weighted by molar-refractivity contribution is -0.176. The molecule has 7 rings (SSSR count). The Labute approximate surface area is 347 Å². The van der Waals surface area contributed by atoms with Gasteiger partial charge in [-0.1, -0.05) is 43.2 Å². The van der Waals surface area contributed by atoms with Crippen molar-refractivity contribution in [2.75, 3.05) is 38.7 Å². The fourth-order valence-corrected chi connectivity index (χ4v) is 9.67. The minimum absolute atomic E-state index is 0.00746. The van der Waals surface area contributed by atoms with Gasteiger partial charge in [-0.3, -0.25) is 4.79 Å². The number of methoxy groups -OCH3 is 1. The summed E-state index contributed by atoms with van der Waals surface area (Å²) in [5, 5.41) is 21.1. The van der Waals surface area contributed by atoms with Crippen molar-refractivity contribution < 1.29 is 38.4 Å². The second-order valence-electron chi connectivity index (χ2n) is 17.8. The van der Waals surface area contributed by atoms with Crippen molar-refractivity contribution in [3.63, 3.8) is 0 Å². The fraction of sp³-hybridized carbons (Fsp3) is 0.565. The molecule has 2 aromatic rings. The fourth-order valence-electron chi connectivity index (χ4n) is 9.67. The highest BCUT2D eigenvalue weighted by molar-refractivity contribution is 6.01. The molecule has 1 aromatic heterocycles. The number of carbonyl (C=O) groups excluding carboxylic acids is 2. The minimum Gasteiger partial charge on any atom is -0.491 e. The van der Waals surface area contributed by atoms with Crippen LogP contribution in [0, 0.1) is 11.8 Å². The summed E-state index contributed by atoms with van der Waals surface area (Å²) < 4.78 is 35.9. The third-order valence-electron chi connectivity index (χ3n) is 12.9. The number of nitrogens with zero attached hydrogens (tertiary/aromatic N) is 3. The summed E-state index contributed by atoms with van der Waals surface area (Å²) in [5.41, 5.74) is 2.12. The van der Waals surface area contributed by atoms with Crippen molar-refractivity contribution in [3.05, 3.63) is 69.6 Å². The molecule has 1 saturated carbocycles. The van der Waals surface area contributed by atoms with Crippen molar-refractivity contribution in [1.29, 1.82) is 0 Å². The second kappa shape index (κ2) is 15.7. The minimum atomic E-state index is -1.57. The Morgan fingerprint density at radius 3 is 2.49 bits per heavy atom. The van der Waals surface area contributed by atoms with Crippen LogP contribution in [0.25, 0.3) is 11.8 Å². The first-order valence-corrected chi connectivity index (χ1v) is 20.9. The van der Waals surface area contributed by atoms with E-state index in [0.29, 0.717) is 53.8 Å². The second-order valence-corrected chi connectivity index (χ2v) is 17.8. The lowest BCUT2D eigenvalue weighted by atomic mass is 9.55. The van der Waals surface area contributed by atoms with Crippen molar-refractivity contribution in [3.8, 4) is 17.2 Å². The Bertz CT molecular complexity index is 2190. The molecule has 0 amide bonds. The number of nitrogens with one attached hydrogen (secondary N) is 2. The van der Waals surface area contributed by atoms with Crippen LogP contribution in [0.5, 0.6) is 17.2 Å². The Morgan fingerprint density at radius 1 is 1.05 bits per heavy atom. The molecule has 0 bridgehead atoms. The average Bonchev–Trinajstić information content (AvgIpc) is 3.72. The van der Waals surface area contributed by atoms with E-state index in [1.165, 1.54) is 19.0 Å². The number of rotatable bonds is 14. The summed E-state index contributed by atoms with van der Waals surface area (Å²) in [5.74, 6) is 0.593. The molecule has 13 heteroatoms. The van der Waals surface area contributed by atoms with Crippen LogP contribution in [0.2, 0.25) is 0 Å². The van der Waals surface area contributed by atoms with E-state index in [2.05, 4.69) is 86.6 Å². The van der Waals surface area contributed by atoms with Gasteiger partial charge in [0.1, 0.15) is 35.8 Å². The first kappa shape index (κ1) is 42.4. The van der Waals surface area contributed by atoms with Crippen LogP contribution in [0.15, 0.2) is 52.9 Å². The molecule has 6 atom stereocenters. The van der Waals surface area contributed by atoms with Gasteiger partial charge in [-0.05, 0) is 86.8 Å². The quantitative estimate of drug-likeness (QED) is 0.0773. The number of benzene rings is 1. The number of carbonyl (C=O) groups is 2. The number of allylic oxidation sites excluding steroid dienone is 4. The number of aliphatic hydroxyl groups is 1. The maximum Gasteiger partial charge on any atom is 0.333 e. The molecule has 1 spiro atoms. The zero-order chi connectivity index (χ0) is 42.7. The highest BCUT2D eigenvalue weighted by atomic mass is 16.6. The summed E-state index contributed by atoms with van der Waals surface area (Å²) >= 11 is 0. The highest BCUT2D eigenvalue weighted by Crippen LogP contribution is 2.69. The van der Waals surface area contributed by atoms with E-state index in [0.717, 1.165) is 40.8 Å². The average molecular weight is 812 g/mol. The molecule has 5 aliphatic rings. The molecule has 4 aliphatic heterocycles. The molecular weight excluding hydrogens is 751 g/mol. The van der Waals surface area contributed by atoms with Crippen LogP contribution in [0.3, 0.4) is 0 Å². The predicted molar refractivity (Wildman–Crippen MR) is 226 cm³/mol. The summed E-state index contributed by atoms with van der Waals surface area (Å²) in [6.45, 7) is 21.3. The molecule has 1 saturated heterocycles. The molecule has 1 aromatic carbocycles. The van der Waals surface area contributed by atoms with E-state index in [1.54, 1.807) is 17.7 Å². The Kier molecular flexibility index (Phi) is 11.3. The number of ether oxygens (including phenoxy) is 5. The van der Waals surface area contributed by atoms with Gasteiger partial charge in [0.05, 0.1) is 42.2 Å². The van der Waals surface area contributed by atoms with Crippen molar-refractivity contribution in [2.45, 2.75) is 123 Å². The first-order valence-electron chi connectivity index (χ1n) is 20.9. The zero-order valence-corrected chi connectivity index (χ0v) is 36.5. The predicted octanol–water partition coefficient (Wildman–Crippen LogP) is 7.08. The van der Waals surface area contributed by atoms with Crippen LogP contribution in [-0.4, -0.2) is 87.4 Å². The lowest BCUT2D eigenvalue weighted by Crippen LogP contribution is -2.70. The number of aromatic nitrogens is 3. The summed E-state index contributed by atoms with van der Waals surface area (Å²) in [6, 6.07) is -0.579. The molecular formula is C46H61N5O8. The van der Waals surface area contributed by atoms with Crippen LogP contribution in [0.4, 0.5) is 5.95 Å². The topological polar surface area (TPSA) is 155 Å². The van der Waals surface area contributed by atoms with Crippen LogP contribution in [0.1, 0.15) is 111 Å². The van der Waals surface area contributed by atoms with Gasteiger partial charge in [-0.25, -0.2) is 9.48 Å². The van der Waals surface area contributed by atoms with Crippen LogP contribution >= 0.6 is 0 Å². The number of esters is 1. The molecule has 5 heterocycles. The number of ketones is 1. The van der Waals surface area contributed by atoms with Crippen molar-refractivity contribution >= 4 is 29.5 Å². The van der Waals surface area contributed by atoms with Gasteiger partial charge in [0, 0.05) is 48.1 Å². The summed E-state index contributed by atoms with van der Waals surface area (Å²) in [6.07, 6.45) is 14.0. The van der Waals surface area contributed by atoms with E-state index >= 15 is 4.79 Å². The molecule has 13 nitrogen and oxygen atoms in total. The smallest absolute Gasteiger partial charge is 0.333 e. The number of fused-ring (bicyclic) bond motifs is 5. The maximum atomic E-state index is 15.5. The Morgan fingerprint density at radius 2 is 1.80 bits per heavy atom. The summed E-state index contributed by atoms with van der Waals surface area (Å²) in [7, 11) is 1.34. The molecule has 2 fully saturated rings. The molecule has 3 N–H and O–H groups in total. The van der Waals surface area contributed by atoms with Crippen LogP contribution < -0.4 is 24.8 Å². The largest absolute Gasteiger partial charge is 0.491 e. The molecule has 59 heavy (non-hydrogen) atoms. The van der Waals surface area contributed by atoms with E-state index in [1.807, 2.05) is 20.8 Å². The van der Waals surface area contributed by atoms with E-state index < -0.39 is 46.3 Å².